The van der Waals surface area contributed by atoms with Crippen molar-refractivity contribution < 1.29 is 24.3 Å². The fourth-order valence-electron chi connectivity index (χ4n) is 0.704. The molecule has 0 aliphatic heterocycles. The highest BCUT2D eigenvalue weighted by molar-refractivity contribution is 5.66. The molecule has 0 aliphatic rings. The average Bonchev–Trinajstić information content (AvgIpc) is 1.99. The lowest BCUT2D eigenvalue weighted by Gasteiger charge is -2.19. The van der Waals surface area contributed by atoms with Gasteiger partial charge in [0.2, 0.25) is 0 Å². The van der Waals surface area contributed by atoms with Crippen molar-refractivity contribution in [2.75, 3.05) is 6.61 Å². The van der Waals surface area contributed by atoms with Gasteiger partial charge in [0.05, 0.1) is 6.61 Å². The lowest BCUT2D eigenvalue weighted by atomic mass is 10.2. The Morgan fingerprint density at radius 1 is 1.33 bits per heavy atom. The first-order chi connectivity index (χ1) is 6.81. The number of carboxylic acids is 1. The van der Waals surface area contributed by atoms with Crippen LogP contribution in [0.3, 0.4) is 0 Å². The monoisotopic (exact) mass is 219 g/mol. The number of ether oxygens (including phenoxy) is 1. The van der Waals surface area contributed by atoms with Gasteiger partial charge in [-0.05, 0) is 27.2 Å². The molecule has 0 radical (unpaired) electrons. The number of rotatable bonds is 5. The fraction of sp³-hybridized carbons (Fsp3) is 0.778. The smallest absolute Gasteiger partial charge is 0.431 e. The first-order valence-corrected chi connectivity index (χ1v) is 4.64. The van der Waals surface area contributed by atoms with Crippen molar-refractivity contribution >= 4 is 12.1 Å². The number of carbonyl (C=O) groups excluding carboxylic acids is 1. The van der Waals surface area contributed by atoms with Crippen LogP contribution in [0.25, 0.3) is 0 Å². The van der Waals surface area contributed by atoms with Crippen molar-refractivity contribution in [2.24, 2.45) is 0 Å². The summed E-state index contributed by atoms with van der Waals surface area (Å²) in [7, 11) is 0. The number of carbonyl (C=O) groups is 2. The summed E-state index contributed by atoms with van der Waals surface area (Å²) in [4.78, 5) is 25.8. The van der Waals surface area contributed by atoms with E-state index < -0.39 is 17.7 Å². The first-order valence-electron chi connectivity index (χ1n) is 4.64. The Labute approximate surface area is 88.5 Å². The van der Waals surface area contributed by atoms with Crippen molar-refractivity contribution in [3.63, 3.8) is 0 Å². The molecule has 0 fully saturated rings. The van der Waals surface area contributed by atoms with E-state index in [2.05, 4.69) is 5.48 Å². The zero-order valence-corrected chi connectivity index (χ0v) is 9.20. The van der Waals surface area contributed by atoms with Crippen molar-refractivity contribution in [1.29, 1.82) is 0 Å². The quantitative estimate of drug-likeness (QED) is 0.538. The third kappa shape index (κ3) is 10.6. The number of aliphatic carboxylic acids is 1. The van der Waals surface area contributed by atoms with Gasteiger partial charge in [-0.1, -0.05) is 0 Å². The van der Waals surface area contributed by atoms with Gasteiger partial charge in [0.15, 0.2) is 0 Å². The van der Waals surface area contributed by atoms with E-state index in [9.17, 15) is 9.59 Å². The van der Waals surface area contributed by atoms with Crippen molar-refractivity contribution in [2.45, 2.75) is 39.2 Å². The number of hydrogen-bond acceptors (Lipinski definition) is 4. The lowest BCUT2D eigenvalue weighted by Crippen LogP contribution is -2.32. The van der Waals surface area contributed by atoms with Crippen LogP contribution in [0.1, 0.15) is 33.6 Å². The maximum atomic E-state index is 11.0. The Morgan fingerprint density at radius 3 is 2.40 bits per heavy atom. The molecule has 2 N–H and O–H groups in total. The van der Waals surface area contributed by atoms with Crippen LogP contribution in [0.5, 0.6) is 0 Å². The Hall–Kier alpha value is -1.30. The van der Waals surface area contributed by atoms with E-state index >= 15 is 0 Å². The van der Waals surface area contributed by atoms with E-state index in [0.29, 0.717) is 6.42 Å². The van der Waals surface area contributed by atoms with Gasteiger partial charge >= 0.3 is 12.1 Å². The topological polar surface area (TPSA) is 84.9 Å². The summed E-state index contributed by atoms with van der Waals surface area (Å²) in [6.45, 7) is 5.34. The summed E-state index contributed by atoms with van der Waals surface area (Å²) in [6, 6.07) is 0. The largest absolute Gasteiger partial charge is 0.481 e. The molecule has 0 heterocycles. The fourth-order valence-corrected chi connectivity index (χ4v) is 0.704. The van der Waals surface area contributed by atoms with Crippen LogP contribution < -0.4 is 5.48 Å². The first kappa shape index (κ1) is 13.7. The maximum absolute atomic E-state index is 11.0. The van der Waals surface area contributed by atoms with Crippen molar-refractivity contribution in [3.05, 3.63) is 0 Å². The molecule has 0 bridgehead atoms. The van der Waals surface area contributed by atoms with Crippen LogP contribution in [0.2, 0.25) is 0 Å². The zero-order valence-electron chi connectivity index (χ0n) is 9.20. The third-order valence-corrected chi connectivity index (χ3v) is 1.19. The molecular formula is C9H17NO5. The van der Waals surface area contributed by atoms with Gasteiger partial charge in [0.1, 0.15) is 5.60 Å². The van der Waals surface area contributed by atoms with Gasteiger partial charge in [0.25, 0.3) is 0 Å². The summed E-state index contributed by atoms with van der Waals surface area (Å²) < 4.78 is 4.87. The van der Waals surface area contributed by atoms with Gasteiger partial charge in [0, 0.05) is 6.42 Å². The molecule has 0 aliphatic carbocycles. The molecule has 88 valence electrons. The molecule has 6 heteroatoms. The molecule has 0 unspecified atom stereocenters. The zero-order chi connectivity index (χ0) is 11.9. The van der Waals surface area contributed by atoms with Gasteiger partial charge in [-0.3, -0.25) is 9.63 Å². The second kappa shape index (κ2) is 6.23. The highest BCUT2D eigenvalue weighted by Crippen LogP contribution is 2.06. The molecule has 15 heavy (non-hydrogen) atoms. The van der Waals surface area contributed by atoms with E-state index in [1.54, 1.807) is 20.8 Å². The molecule has 0 aromatic heterocycles. The lowest BCUT2D eigenvalue weighted by molar-refractivity contribution is -0.137. The summed E-state index contributed by atoms with van der Waals surface area (Å²) in [5.74, 6) is -0.893. The number of nitrogens with one attached hydrogen (secondary N) is 1. The SMILES string of the molecule is CC(C)(C)OC(=O)NOCCCC(=O)O. The Bertz CT molecular complexity index is 221. The molecule has 0 aromatic rings. The second-order valence-corrected chi connectivity index (χ2v) is 3.95. The van der Waals surface area contributed by atoms with Gasteiger partial charge in [-0.15, -0.1) is 0 Å². The Kier molecular flexibility index (Phi) is 5.69. The van der Waals surface area contributed by atoms with Crippen LogP contribution in [0, 0.1) is 0 Å². The van der Waals surface area contributed by atoms with Crippen LogP contribution in [-0.2, 0) is 14.4 Å². The van der Waals surface area contributed by atoms with Crippen molar-refractivity contribution in [3.8, 4) is 0 Å². The molecular weight excluding hydrogens is 202 g/mol. The molecule has 0 saturated carbocycles. The second-order valence-electron chi connectivity index (χ2n) is 3.95. The Morgan fingerprint density at radius 2 is 1.93 bits per heavy atom. The van der Waals surface area contributed by atoms with E-state index in [4.69, 9.17) is 14.7 Å². The predicted molar refractivity (Wildman–Crippen MR) is 52.2 cm³/mol. The average molecular weight is 219 g/mol. The summed E-state index contributed by atoms with van der Waals surface area (Å²) in [6.07, 6.45) is -0.334. The molecule has 0 rings (SSSR count). The van der Waals surface area contributed by atoms with Crippen LogP contribution in [0.4, 0.5) is 4.79 Å². The molecule has 0 atom stereocenters. The van der Waals surface area contributed by atoms with Crippen LogP contribution in [-0.4, -0.2) is 29.4 Å². The number of hydrogen-bond donors (Lipinski definition) is 2. The predicted octanol–water partition coefficient (Wildman–Crippen LogP) is 1.31. The van der Waals surface area contributed by atoms with E-state index in [1.807, 2.05) is 0 Å². The van der Waals surface area contributed by atoms with Gasteiger partial charge < -0.3 is 9.84 Å². The molecule has 6 nitrogen and oxygen atoms in total. The molecule has 1 amide bonds. The minimum absolute atomic E-state index is 0.00992. The van der Waals surface area contributed by atoms with E-state index in [-0.39, 0.29) is 13.0 Å². The van der Waals surface area contributed by atoms with Crippen LogP contribution >= 0.6 is 0 Å². The summed E-state index contributed by atoms with van der Waals surface area (Å²) in [5, 5.41) is 8.31. The highest BCUT2D eigenvalue weighted by atomic mass is 16.7. The maximum Gasteiger partial charge on any atom is 0.431 e. The number of carboxylic acid groups (broad SMARTS) is 1. The van der Waals surface area contributed by atoms with Gasteiger partial charge in [-0.25, -0.2) is 4.79 Å². The summed E-state index contributed by atoms with van der Waals surface area (Å²) >= 11 is 0. The van der Waals surface area contributed by atoms with Crippen molar-refractivity contribution in [1.82, 2.24) is 5.48 Å². The molecule has 0 aromatic carbocycles. The van der Waals surface area contributed by atoms with Crippen LogP contribution in [0.15, 0.2) is 0 Å². The Balaban J connectivity index is 3.44. The standard InChI is InChI=1S/C9H17NO5/c1-9(2,3)15-8(13)10-14-6-4-5-7(11)12/h4-6H2,1-3H3,(H,10,13)(H,11,12). The third-order valence-electron chi connectivity index (χ3n) is 1.19. The molecule has 0 saturated heterocycles. The number of hydroxylamine groups is 1. The minimum atomic E-state index is -0.893. The van der Waals surface area contributed by atoms with E-state index in [0.717, 1.165) is 0 Å². The summed E-state index contributed by atoms with van der Waals surface area (Å²) in [5.41, 5.74) is 1.48. The minimum Gasteiger partial charge on any atom is -0.481 e. The van der Waals surface area contributed by atoms with Gasteiger partial charge in [-0.2, -0.15) is 5.48 Å². The number of amides is 1. The molecule has 0 spiro atoms. The normalized spacial score (nSPS) is 10.9. The van der Waals surface area contributed by atoms with E-state index in [1.165, 1.54) is 0 Å². The highest BCUT2D eigenvalue weighted by Gasteiger charge is 2.15.